The molecule has 0 unspecified atom stereocenters. The summed E-state index contributed by atoms with van der Waals surface area (Å²) in [6.07, 6.45) is 4.56. The zero-order chi connectivity index (χ0) is 22.4. The average Bonchev–Trinajstić information content (AvgIpc) is 3.23. The van der Waals surface area contributed by atoms with E-state index < -0.39 is 5.60 Å². The predicted molar refractivity (Wildman–Crippen MR) is 127 cm³/mol. The molecule has 2 saturated heterocycles. The Kier molecular flexibility index (Phi) is 7.77. The minimum absolute atomic E-state index is 0.295. The largest absolute Gasteiger partial charge is 0.388 e. The van der Waals surface area contributed by atoms with E-state index >= 15 is 0 Å². The normalized spacial score (nSPS) is 20.5. The minimum Gasteiger partial charge on any atom is -0.388 e. The van der Waals surface area contributed by atoms with Gasteiger partial charge in [0.15, 0.2) is 5.11 Å². The first-order valence-electron chi connectivity index (χ1n) is 11.0. The number of anilines is 1. The summed E-state index contributed by atoms with van der Waals surface area (Å²) < 4.78 is 5.38. The van der Waals surface area contributed by atoms with Gasteiger partial charge < -0.3 is 25.1 Å². The van der Waals surface area contributed by atoms with Gasteiger partial charge in [0, 0.05) is 58.2 Å². The van der Waals surface area contributed by atoms with Gasteiger partial charge in [-0.25, -0.2) is 4.98 Å². The molecule has 3 aliphatic rings. The first-order valence-corrected chi connectivity index (χ1v) is 11.8. The van der Waals surface area contributed by atoms with Crippen molar-refractivity contribution in [2.75, 3.05) is 57.8 Å². The Morgan fingerprint density at radius 3 is 2.72 bits per heavy atom. The fraction of sp³-hybridized carbons (Fsp3) is 0.619. The van der Waals surface area contributed by atoms with E-state index in [1.807, 2.05) is 0 Å². The third-order valence-corrected chi connectivity index (χ3v) is 6.69. The number of piperidine rings is 1. The number of likely N-dealkylation sites (tertiary alicyclic amines) is 1. The average molecular weight is 481 g/mol. The van der Waals surface area contributed by atoms with Gasteiger partial charge in [-0.1, -0.05) is 16.8 Å². The monoisotopic (exact) mass is 480 g/mol. The summed E-state index contributed by atoms with van der Waals surface area (Å²) in [6, 6.07) is 3.33. The summed E-state index contributed by atoms with van der Waals surface area (Å²) in [7, 11) is 0. The summed E-state index contributed by atoms with van der Waals surface area (Å²) in [4.78, 5) is 26.9. The van der Waals surface area contributed by atoms with Crippen LogP contribution in [0.4, 0.5) is 5.82 Å². The molecule has 0 aliphatic carbocycles. The summed E-state index contributed by atoms with van der Waals surface area (Å²) in [5.41, 5.74) is -0.0401. The number of ether oxygens (including phenoxy) is 1. The number of hydrogen-bond donors (Lipinski definition) is 2. The van der Waals surface area contributed by atoms with Crippen LogP contribution < -0.4 is 10.6 Å². The highest BCUT2D eigenvalue weighted by Crippen LogP contribution is 2.35. The molecule has 32 heavy (non-hydrogen) atoms. The number of rotatable bonds is 6. The standard InChI is InChI=1S/C21H29ClN6O3S/c22-16-2-3-18(24-15-16)25-19(29)17-14-21(31-26-17)4-8-28(9-5-21)20(32)23-6-1-7-27-10-12-30-13-11-27/h2-3,15H,1,4-14H2,(H,23,32)(H,24,25,29). The van der Waals surface area contributed by atoms with E-state index in [-0.39, 0.29) is 5.91 Å². The van der Waals surface area contributed by atoms with Gasteiger partial charge in [-0.15, -0.1) is 0 Å². The van der Waals surface area contributed by atoms with Crippen molar-refractivity contribution in [3.8, 4) is 0 Å². The van der Waals surface area contributed by atoms with Gasteiger partial charge in [0.05, 0.1) is 18.2 Å². The topological polar surface area (TPSA) is 91.3 Å². The Hall–Kier alpha value is -2.01. The van der Waals surface area contributed by atoms with Crippen molar-refractivity contribution in [2.45, 2.75) is 31.3 Å². The van der Waals surface area contributed by atoms with Crippen LogP contribution in [0.15, 0.2) is 23.5 Å². The van der Waals surface area contributed by atoms with Crippen molar-refractivity contribution in [2.24, 2.45) is 5.16 Å². The van der Waals surface area contributed by atoms with Crippen molar-refractivity contribution in [3.63, 3.8) is 0 Å². The summed E-state index contributed by atoms with van der Waals surface area (Å²) in [6.45, 7) is 7.15. The van der Waals surface area contributed by atoms with Crippen LogP contribution in [0.2, 0.25) is 5.02 Å². The van der Waals surface area contributed by atoms with Gasteiger partial charge >= 0.3 is 0 Å². The van der Waals surface area contributed by atoms with Crippen molar-refractivity contribution in [1.29, 1.82) is 0 Å². The number of morpholine rings is 1. The van der Waals surface area contributed by atoms with Crippen LogP contribution in [-0.4, -0.2) is 89.6 Å². The molecule has 0 saturated carbocycles. The lowest BCUT2D eigenvalue weighted by Crippen LogP contribution is -2.50. The molecule has 11 heteroatoms. The van der Waals surface area contributed by atoms with Gasteiger partial charge in [0.1, 0.15) is 17.1 Å². The quantitative estimate of drug-likeness (QED) is 0.471. The molecule has 4 rings (SSSR count). The van der Waals surface area contributed by atoms with Crippen LogP contribution in [0.3, 0.4) is 0 Å². The number of amides is 1. The SMILES string of the molecule is O=C(Nc1ccc(Cl)cn1)C1=NOC2(CCN(C(=S)NCCCN3CCOCC3)CC2)C1. The molecule has 0 bridgehead atoms. The first kappa shape index (κ1) is 23.2. The van der Waals surface area contributed by atoms with E-state index in [0.29, 0.717) is 23.0 Å². The highest BCUT2D eigenvalue weighted by Gasteiger charge is 2.44. The number of carbonyl (C=O) groups is 1. The minimum atomic E-state index is -0.428. The third-order valence-electron chi connectivity index (χ3n) is 6.06. The molecule has 4 heterocycles. The highest BCUT2D eigenvalue weighted by molar-refractivity contribution is 7.80. The molecule has 0 radical (unpaired) electrons. The molecule has 174 valence electrons. The van der Waals surface area contributed by atoms with Crippen LogP contribution in [0.1, 0.15) is 25.7 Å². The Balaban J connectivity index is 1.16. The molecule has 1 amide bonds. The number of aromatic nitrogens is 1. The van der Waals surface area contributed by atoms with Crippen LogP contribution >= 0.6 is 23.8 Å². The number of hydrogen-bond acceptors (Lipinski definition) is 7. The van der Waals surface area contributed by atoms with Crippen LogP contribution in [0.25, 0.3) is 0 Å². The summed E-state index contributed by atoms with van der Waals surface area (Å²) >= 11 is 11.4. The lowest BCUT2D eigenvalue weighted by molar-refractivity contribution is -0.110. The number of nitrogens with zero attached hydrogens (tertiary/aromatic N) is 4. The van der Waals surface area contributed by atoms with Crippen LogP contribution in [0, 0.1) is 0 Å². The Morgan fingerprint density at radius 1 is 1.22 bits per heavy atom. The smallest absolute Gasteiger partial charge is 0.274 e. The number of carbonyl (C=O) groups excluding carboxylic acids is 1. The molecule has 2 N–H and O–H groups in total. The van der Waals surface area contributed by atoms with E-state index in [2.05, 4.69) is 30.6 Å². The molecule has 1 aromatic rings. The Bertz CT molecular complexity index is 838. The van der Waals surface area contributed by atoms with Gasteiger partial charge in [0.2, 0.25) is 0 Å². The zero-order valence-corrected chi connectivity index (χ0v) is 19.6. The number of nitrogens with one attached hydrogen (secondary N) is 2. The second-order valence-electron chi connectivity index (χ2n) is 8.33. The number of oxime groups is 1. The fourth-order valence-electron chi connectivity index (χ4n) is 4.10. The second-order valence-corrected chi connectivity index (χ2v) is 9.15. The molecule has 1 spiro atoms. The van der Waals surface area contributed by atoms with Gasteiger partial charge in [-0.2, -0.15) is 0 Å². The second kappa shape index (κ2) is 10.7. The number of thiocarbonyl (C=S) groups is 1. The van der Waals surface area contributed by atoms with E-state index in [1.165, 1.54) is 6.20 Å². The zero-order valence-electron chi connectivity index (χ0n) is 18.0. The van der Waals surface area contributed by atoms with E-state index in [4.69, 9.17) is 33.4 Å². The van der Waals surface area contributed by atoms with Crippen molar-refractivity contribution < 1.29 is 14.4 Å². The van der Waals surface area contributed by atoms with Crippen molar-refractivity contribution >= 4 is 46.4 Å². The molecule has 0 aromatic carbocycles. The van der Waals surface area contributed by atoms with E-state index in [0.717, 1.165) is 76.9 Å². The highest BCUT2D eigenvalue weighted by atomic mass is 35.5. The number of pyridine rings is 1. The van der Waals surface area contributed by atoms with Crippen LogP contribution in [0.5, 0.6) is 0 Å². The third kappa shape index (κ3) is 6.06. The summed E-state index contributed by atoms with van der Waals surface area (Å²) in [5, 5.41) is 11.5. The summed E-state index contributed by atoms with van der Waals surface area (Å²) in [5.74, 6) is 0.138. The fourth-order valence-corrected chi connectivity index (χ4v) is 4.50. The predicted octanol–water partition coefficient (Wildman–Crippen LogP) is 1.88. The Morgan fingerprint density at radius 2 is 2.00 bits per heavy atom. The maximum Gasteiger partial charge on any atom is 0.274 e. The van der Waals surface area contributed by atoms with Gasteiger partial charge in [0.25, 0.3) is 5.91 Å². The molecule has 3 aliphatic heterocycles. The maximum atomic E-state index is 12.5. The Labute approximate surface area is 198 Å². The maximum absolute atomic E-state index is 12.5. The van der Waals surface area contributed by atoms with Crippen LogP contribution in [-0.2, 0) is 14.4 Å². The lowest BCUT2D eigenvalue weighted by Gasteiger charge is -2.38. The van der Waals surface area contributed by atoms with Gasteiger partial charge in [-0.05, 0) is 37.3 Å². The molecular weight excluding hydrogens is 452 g/mol. The van der Waals surface area contributed by atoms with E-state index in [1.54, 1.807) is 12.1 Å². The lowest BCUT2D eigenvalue weighted by atomic mass is 9.87. The van der Waals surface area contributed by atoms with E-state index in [9.17, 15) is 4.79 Å². The molecule has 0 atom stereocenters. The molecular formula is C21H29ClN6O3S. The molecule has 2 fully saturated rings. The molecule has 1 aromatic heterocycles. The van der Waals surface area contributed by atoms with Crippen molar-refractivity contribution in [1.82, 2.24) is 20.1 Å². The first-order chi connectivity index (χ1) is 15.5. The number of halogens is 1. The van der Waals surface area contributed by atoms with Crippen molar-refractivity contribution in [3.05, 3.63) is 23.4 Å². The van der Waals surface area contributed by atoms with Gasteiger partial charge in [-0.3, -0.25) is 9.69 Å². The molecule has 9 nitrogen and oxygen atoms in total.